The molecule has 0 aromatic rings. The van der Waals surface area contributed by atoms with Gasteiger partial charge in [0.25, 0.3) is 0 Å². The number of nitrogens with zero attached hydrogens (tertiary/aromatic N) is 2. The number of aliphatic hydroxyl groups is 1. The minimum atomic E-state index is 0.0987. The van der Waals surface area contributed by atoms with Crippen LogP contribution in [-0.4, -0.2) is 61.8 Å². The fraction of sp³-hybridized carbons (Fsp3) is 1.00. The van der Waals surface area contributed by atoms with Gasteiger partial charge in [-0.25, -0.2) is 0 Å². The molecule has 0 aliphatic carbocycles. The van der Waals surface area contributed by atoms with Crippen LogP contribution < -0.4 is 0 Å². The van der Waals surface area contributed by atoms with E-state index in [1.807, 2.05) is 0 Å². The number of aliphatic hydroxyl groups excluding tert-OH is 1. The van der Waals surface area contributed by atoms with Crippen molar-refractivity contribution in [2.45, 2.75) is 40.0 Å². The molecule has 0 radical (unpaired) electrons. The lowest BCUT2D eigenvalue weighted by atomic mass is 9.82. The number of likely N-dealkylation sites (N-methyl/N-ethyl adjacent to an activating group) is 1. The lowest BCUT2D eigenvalue weighted by molar-refractivity contribution is 0.0630. The van der Waals surface area contributed by atoms with Crippen LogP contribution in [0.4, 0.5) is 0 Å². The Bertz CT molecular complexity index is 171. The molecule has 0 atom stereocenters. The summed E-state index contributed by atoms with van der Waals surface area (Å²) in [7, 11) is 4.23. The predicted molar refractivity (Wildman–Crippen MR) is 75.4 cm³/mol. The van der Waals surface area contributed by atoms with Gasteiger partial charge in [-0.05, 0) is 39.9 Å². The van der Waals surface area contributed by atoms with Gasteiger partial charge in [-0.3, -0.25) is 0 Å². The van der Waals surface area contributed by atoms with Gasteiger partial charge in [-0.1, -0.05) is 20.8 Å². The summed E-state index contributed by atoms with van der Waals surface area (Å²) in [5.41, 5.74) is 0.0987. The smallest absolute Gasteiger partial charge is 0.0499 e. The Balaban J connectivity index is 4.38. The summed E-state index contributed by atoms with van der Waals surface area (Å²) in [4.78, 5) is 4.73. The molecule has 0 rings (SSSR count). The maximum absolute atomic E-state index is 9.63. The standard InChI is InChI=1S/C14H32N2O/c1-6-9-16(11-10-15(4)5)12-14(7-2,8-3)13-17/h17H,6-13H2,1-5H3. The van der Waals surface area contributed by atoms with Crippen molar-refractivity contribution >= 4 is 0 Å². The predicted octanol–water partition coefficient (Wildman–Crippen LogP) is 2.06. The number of hydrogen-bond acceptors (Lipinski definition) is 3. The van der Waals surface area contributed by atoms with Crippen LogP contribution in [-0.2, 0) is 0 Å². The van der Waals surface area contributed by atoms with Crippen molar-refractivity contribution in [1.29, 1.82) is 0 Å². The molecule has 0 aromatic heterocycles. The molecule has 0 unspecified atom stereocenters. The molecule has 3 heteroatoms. The van der Waals surface area contributed by atoms with Crippen molar-refractivity contribution in [3.8, 4) is 0 Å². The maximum Gasteiger partial charge on any atom is 0.0499 e. The van der Waals surface area contributed by atoms with E-state index in [2.05, 4.69) is 44.7 Å². The van der Waals surface area contributed by atoms with E-state index in [-0.39, 0.29) is 5.41 Å². The molecule has 0 heterocycles. The van der Waals surface area contributed by atoms with Gasteiger partial charge < -0.3 is 14.9 Å². The lowest BCUT2D eigenvalue weighted by Crippen LogP contribution is -2.42. The fourth-order valence-electron chi connectivity index (χ4n) is 2.15. The highest BCUT2D eigenvalue weighted by atomic mass is 16.3. The van der Waals surface area contributed by atoms with E-state index >= 15 is 0 Å². The molecule has 0 fully saturated rings. The first-order valence-electron chi connectivity index (χ1n) is 7.01. The zero-order valence-electron chi connectivity index (χ0n) is 12.5. The highest BCUT2D eigenvalue weighted by molar-refractivity contribution is 4.80. The Kier molecular flexibility index (Phi) is 8.83. The number of rotatable bonds is 10. The second-order valence-corrected chi connectivity index (χ2v) is 5.44. The summed E-state index contributed by atoms with van der Waals surface area (Å²) in [5, 5.41) is 9.63. The van der Waals surface area contributed by atoms with Crippen molar-refractivity contribution in [3.63, 3.8) is 0 Å². The van der Waals surface area contributed by atoms with Crippen LogP contribution in [0.25, 0.3) is 0 Å². The van der Waals surface area contributed by atoms with Crippen molar-refractivity contribution in [2.24, 2.45) is 5.41 Å². The first-order valence-corrected chi connectivity index (χ1v) is 7.01. The molecular formula is C14H32N2O. The minimum Gasteiger partial charge on any atom is -0.396 e. The van der Waals surface area contributed by atoms with Gasteiger partial charge in [0.1, 0.15) is 0 Å². The first kappa shape index (κ1) is 16.9. The second kappa shape index (κ2) is 8.90. The molecule has 0 bridgehead atoms. The Morgan fingerprint density at radius 3 is 1.88 bits per heavy atom. The maximum atomic E-state index is 9.63. The van der Waals surface area contributed by atoms with E-state index in [1.165, 1.54) is 6.42 Å². The molecule has 0 amide bonds. The van der Waals surface area contributed by atoms with Gasteiger partial charge in [0.2, 0.25) is 0 Å². The Morgan fingerprint density at radius 2 is 1.53 bits per heavy atom. The zero-order valence-corrected chi connectivity index (χ0v) is 12.5. The third kappa shape index (κ3) is 6.39. The summed E-state index contributed by atoms with van der Waals surface area (Å²) in [6, 6.07) is 0. The van der Waals surface area contributed by atoms with Gasteiger partial charge in [0, 0.05) is 31.7 Å². The largest absolute Gasteiger partial charge is 0.396 e. The highest BCUT2D eigenvalue weighted by Gasteiger charge is 2.27. The molecule has 0 aromatic carbocycles. The minimum absolute atomic E-state index is 0.0987. The van der Waals surface area contributed by atoms with E-state index in [0.717, 1.165) is 39.0 Å². The van der Waals surface area contributed by atoms with Gasteiger partial charge in [0.15, 0.2) is 0 Å². The topological polar surface area (TPSA) is 26.7 Å². The molecule has 0 spiro atoms. The molecular weight excluding hydrogens is 212 g/mol. The zero-order chi connectivity index (χ0) is 13.3. The van der Waals surface area contributed by atoms with Crippen LogP contribution >= 0.6 is 0 Å². The first-order chi connectivity index (χ1) is 8.03. The van der Waals surface area contributed by atoms with Crippen molar-refractivity contribution in [1.82, 2.24) is 9.80 Å². The van der Waals surface area contributed by atoms with Crippen LogP contribution in [0, 0.1) is 5.41 Å². The summed E-state index contributed by atoms with van der Waals surface area (Å²) in [6.45, 7) is 11.3. The quantitative estimate of drug-likeness (QED) is 0.637. The molecule has 1 N–H and O–H groups in total. The third-order valence-electron chi connectivity index (χ3n) is 3.80. The third-order valence-corrected chi connectivity index (χ3v) is 3.80. The van der Waals surface area contributed by atoms with Crippen LogP contribution in [0.5, 0.6) is 0 Å². The average molecular weight is 244 g/mol. The van der Waals surface area contributed by atoms with E-state index in [1.54, 1.807) is 0 Å². The normalized spacial score (nSPS) is 12.7. The lowest BCUT2D eigenvalue weighted by Gasteiger charge is -2.36. The SMILES string of the molecule is CCCN(CCN(C)C)CC(CC)(CC)CO. The van der Waals surface area contributed by atoms with Crippen LogP contribution in [0.3, 0.4) is 0 Å². The van der Waals surface area contributed by atoms with E-state index < -0.39 is 0 Å². The average Bonchev–Trinajstić information content (AvgIpc) is 2.33. The molecule has 0 aliphatic rings. The van der Waals surface area contributed by atoms with Gasteiger partial charge in [0.05, 0.1) is 0 Å². The van der Waals surface area contributed by atoms with E-state index in [9.17, 15) is 5.11 Å². The van der Waals surface area contributed by atoms with Crippen molar-refractivity contribution in [3.05, 3.63) is 0 Å². The summed E-state index contributed by atoms with van der Waals surface area (Å²) >= 11 is 0. The number of hydrogen-bond donors (Lipinski definition) is 1. The summed E-state index contributed by atoms with van der Waals surface area (Å²) in [5.74, 6) is 0. The Morgan fingerprint density at radius 1 is 0.941 bits per heavy atom. The van der Waals surface area contributed by atoms with Crippen molar-refractivity contribution in [2.75, 3.05) is 46.9 Å². The van der Waals surface area contributed by atoms with E-state index in [0.29, 0.717) is 6.61 Å². The van der Waals surface area contributed by atoms with Crippen LogP contribution in [0.2, 0.25) is 0 Å². The van der Waals surface area contributed by atoms with E-state index in [4.69, 9.17) is 0 Å². The van der Waals surface area contributed by atoms with Crippen LogP contribution in [0.15, 0.2) is 0 Å². The van der Waals surface area contributed by atoms with Crippen molar-refractivity contribution < 1.29 is 5.11 Å². The van der Waals surface area contributed by atoms with Gasteiger partial charge in [-0.2, -0.15) is 0 Å². The van der Waals surface area contributed by atoms with Crippen LogP contribution in [0.1, 0.15) is 40.0 Å². The van der Waals surface area contributed by atoms with Gasteiger partial charge >= 0.3 is 0 Å². The van der Waals surface area contributed by atoms with Gasteiger partial charge in [-0.15, -0.1) is 0 Å². The second-order valence-electron chi connectivity index (χ2n) is 5.44. The monoisotopic (exact) mass is 244 g/mol. The summed E-state index contributed by atoms with van der Waals surface area (Å²) in [6.07, 6.45) is 3.30. The molecule has 17 heavy (non-hydrogen) atoms. The molecule has 0 aliphatic heterocycles. The molecule has 104 valence electrons. The Labute approximate surface area is 108 Å². The fourth-order valence-corrected chi connectivity index (χ4v) is 2.15. The highest BCUT2D eigenvalue weighted by Crippen LogP contribution is 2.26. The Hall–Kier alpha value is -0.120. The molecule has 0 saturated heterocycles. The summed E-state index contributed by atoms with van der Waals surface area (Å²) < 4.78 is 0. The molecule has 0 saturated carbocycles. The molecule has 3 nitrogen and oxygen atoms in total.